The van der Waals surface area contributed by atoms with Crippen molar-refractivity contribution in [3.05, 3.63) is 64.5 Å². The van der Waals surface area contributed by atoms with Crippen molar-refractivity contribution in [2.24, 2.45) is 0 Å². The lowest BCUT2D eigenvalue weighted by Crippen LogP contribution is -2.03. The minimum atomic E-state index is -0.258. The summed E-state index contributed by atoms with van der Waals surface area (Å²) in [6.45, 7) is 5.60. The van der Waals surface area contributed by atoms with E-state index in [0.717, 1.165) is 16.7 Å². The topological polar surface area (TPSA) is 26.3 Å². The molecule has 0 aliphatic rings. The molecular formula is C17H17FO2. The Balaban J connectivity index is 2.20. The Morgan fingerprint density at radius 3 is 2.55 bits per heavy atom. The van der Waals surface area contributed by atoms with E-state index in [1.165, 1.54) is 19.1 Å². The number of Topliss-reactive ketones (excluding diaryl/α,β-unsaturated/α-hetero) is 1. The lowest BCUT2D eigenvalue weighted by atomic mass is 10.1. The Labute approximate surface area is 118 Å². The molecule has 0 saturated carbocycles. The fourth-order valence-electron chi connectivity index (χ4n) is 2.02. The standard InChI is InChI=1S/C17H17FO2/c1-11-4-7-17(16(8-11)13(3)19)20-10-14-5-6-15(18)9-12(14)2/h4-9H,10H2,1-3H3. The largest absolute Gasteiger partial charge is 0.488 e. The van der Waals surface area contributed by atoms with Gasteiger partial charge in [0.2, 0.25) is 0 Å². The Hall–Kier alpha value is -2.16. The molecule has 0 aromatic heterocycles. The lowest BCUT2D eigenvalue weighted by Gasteiger charge is -2.12. The number of rotatable bonds is 4. The van der Waals surface area contributed by atoms with E-state index in [0.29, 0.717) is 17.9 Å². The maximum atomic E-state index is 13.0. The molecule has 2 rings (SSSR count). The third-order valence-electron chi connectivity index (χ3n) is 3.20. The van der Waals surface area contributed by atoms with E-state index >= 15 is 0 Å². The summed E-state index contributed by atoms with van der Waals surface area (Å²) in [6, 6.07) is 10.1. The maximum Gasteiger partial charge on any atom is 0.163 e. The summed E-state index contributed by atoms with van der Waals surface area (Å²) in [7, 11) is 0. The SMILES string of the molecule is CC(=O)c1cc(C)ccc1OCc1ccc(F)cc1C. The minimum Gasteiger partial charge on any atom is -0.488 e. The molecule has 2 aromatic rings. The molecule has 0 atom stereocenters. The van der Waals surface area contributed by atoms with Crippen LogP contribution in [0.15, 0.2) is 36.4 Å². The van der Waals surface area contributed by atoms with Gasteiger partial charge >= 0.3 is 0 Å². The number of halogens is 1. The van der Waals surface area contributed by atoms with Crippen LogP contribution in [0.3, 0.4) is 0 Å². The second-order valence-corrected chi connectivity index (χ2v) is 4.92. The number of ketones is 1. The number of aryl methyl sites for hydroxylation is 2. The normalized spacial score (nSPS) is 10.4. The van der Waals surface area contributed by atoms with Crippen LogP contribution in [0, 0.1) is 19.7 Å². The Morgan fingerprint density at radius 2 is 1.90 bits per heavy atom. The predicted molar refractivity (Wildman–Crippen MR) is 76.7 cm³/mol. The first kappa shape index (κ1) is 14.3. The monoisotopic (exact) mass is 272 g/mol. The number of benzene rings is 2. The maximum absolute atomic E-state index is 13.0. The first-order valence-electron chi connectivity index (χ1n) is 6.47. The number of carbonyl (C=O) groups is 1. The molecule has 2 aromatic carbocycles. The molecule has 104 valence electrons. The van der Waals surface area contributed by atoms with Crippen molar-refractivity contribution in [3.63, 3.8) is 0 Å². The summed E-state index contributed by atoms with van der Waals surface area (Å²) < 4.78 is 18.8. The molecule has 20 heavy (non-hydrogen) atoms. The number of ether oxygens (including phenoxy) is 1. The molecule has 0 fully saturated rings. The van der Waals surface area contributed by atoms with Gasteiger partial charge in [0.05, 0.1) is 5.56 Å². The van der Waals surface area contributed by atoms with Crippen LogP contribution in [0.5, 0.6) is 5.75 Å². The number of carbonyl (C=O) groups excluding carboxylic acids is 1. The Kier molecular flexibility index (Phi) is 4.18. The lowest BCUT2D eigenvalue weighted by molar-refractivity contribution is 0.101. The molecule has 0 heterocycles. The smallest absolute Gasteiger partial charge is 0.163 e. The van der Waals surface area contributed by atoms with E-state index in [9.17, 15) is 9.18 Å². The van der Waals surface area contributed by atoms with E-state index < -0.39 is 0 Å². The van der Waals surface area contributed by atoms with Crippen LogP contribution in [0.4, 0.5) is 4.39 Å². The van der Waals surface area contributed by atoms with Crippen molar-refractivity contribution in [1.82, 2.24) is 0 Å². The molecular weight excluding hydrogens is 255 g/mol. The van der Waals surface area contributed by atoms with Gasteiger partial charge in [-0.25, -0.2) is 4.39 Å². The quantitative estimate of drug-likeness (QED) is 0.779. The number of hydrogen-bond acceptors (Lipinski definition) is 2. The number of hydrogen-bond donors (Lipinski definition) is 0. The molecule has 0 bridgehead atoms. The molecule has 0 amide bonds. The van der Waals surface area contributed by atoms with Gasteiger partial charge in [-0.15, -0.1) is 0 Å². The van der Waals surface area contributed by atoms with Gasteiger partial charge in [-0.2, -0.15) is 0 Å². The van der Waals surface area contributed by atoms with E-state index in [1.807, 2.05) is 26.0 Å². The summed E-state index contributed by atoms with van der Waals surface area (Å²) in [4.78, 5) is 11.6. The highest BCUT2D eigenvalue weighted by Crippen LogP contribution is 2.22. The molecule has 0 saturated heterocycles. The van der Waals surface area contributed by atoms with Crippen molar-refractivity contribution in [2.45, 2.75) is 27.4 Å². The van der Waals surface area contributed by atoms with Crippen molar-refractivity contribution in [2.75, 3.05) is 0 Å². The Morgan fingerprint density at radius 1 is 1.15 bits per heavy atom. The first-order valence-corrected chi connectivity index (χ1v) is 6.47. The van der Waals surface area contributed by atoms with Crippen LogP contribution in [0.25, 0.3) is 0 Å². The minimum absolute atomic E-state index is 0.0282. The van der Waals surface area contributed by atoms with Crippen molar-refractivity contribution in [3.8, 4) is 5.75 Å². The molecule has 0 unspecified atom stereocenters. The van der Waals surface area contributed by atoms with Gasteiger partial charge < -0.3 is 4.74 Å². The highest BCUT2D eigenvalue weighted by atomic mass is 19.1. The molecule has 0 aliphatic heterocycles. The fourth-order valence-corrected chi connectivity index (χ4v) is 2.02. The summed E-state index contributed by atoms with van der Waals surface area (Å²) in [5, 5.41) is 0. The van der Waals surface area contributed by atoms with Gasteiger partial charge in [0, 0.05) is 0 Å². The zero-order valence-corrected chi connectivity index (χ0v) is 11.9. The van der Waals surface area contributed by atoms with E-state index in [1.54, 1.807) is 12.1 Å². The average Bonchev–Trinajstić information content (AvgIpc) is 2.38. The zero-order chi connectivity index (χ0) is 14.7. The molecule has 2 nitrogen and oxygen atoms in total. The highest BCUT2D eigenvalue weighted by molar-refractivity contribution is 5.97. The van der Waals surface area contributed by atoms with Gasteiger partial charge in [0.15, 0.2) is 5.78 Å². The van der Waals surface area contributed by atoms with Gasteiger partial charge in [0.1, 0.15) is 18.2 Å². The van der Waals surface area contributed by atoms with Crippen LogP contribution < -0.4 is 4.74 Å². The van der Waals surface area contributed by atoms with Crippen molar-refractivity contribution < 1.29 is 13.9 Å². The van der Waals surface area contributed by atoms with Gasteiger partial charge in [0.25, 0.3) is 0 Å². The van der Waals surface area contributed by atoms with E-state index in [4.69, 9.17) is 4.74 Å². The first-order chi connectivity index (χ1) is 9.47. The molecule has 0 radical (unpaired) electrons. The third kappa shape index (κ3) is 3.23. The van der Waals surface area contributed by atoms with Crippen LogP contribution in [-0.4, -0.2) is 5.78 Å². The molecule has 3 heteroatoms. The van der Waals surface area contributed by atoms with Crippen LogP contribution in [-0.2, 0) is 6.61 Å². The van der Waals surface area contributed by atoms with E-state index in [-0.39, 0.29) is 11.6 Å². The highest BCUT2D eigenvalue weighted by Gasteiger charge is 2.09. The fraction of sp³-hybridized carbons (Fsp3) is 0.235. The zero-order valence-electron chi connectivity index (χ0n) is 11.9. The van der Waals surface area contributed by atoms with Crippen LogP contribution in [0.2, 0.25) is 0 Å². The summed E-state index contributed by atoms with van der Waals surface area (Å²) in [5.41, 5.74) is 3.33. The predicted octanol–water partition coefficient (Wildman–Crippen LogP) is 4.22. The van der Waals surface area contributed by atoms with Crippen LogP contribution >= 0.6 is 0 Å². The van der Waals surface area contributed by atoms with E-state index in [2.05, 4.69) is 0 Å². The molecule has 0 spiro atoms. The molecule has 0 N–H and O–H groups in total. The summed E-state index contributed by atoms with van der Waals surface area (Å²) >= 11 is 0. The average molecular weight is 272 g/mol. The second-order valence-electron chi connectivity index (χ2n) is 4.92. The van der Waals surface area contributed by atoms with Crippen LogP contribution in [0.1, 0.15) is 34.0 Å². The van der Waals surface area contributed by atoms with Crippen molar-refractivity contribution in [1.29, 1.82) is 0 Å². The molecule has 0 aliphatic carbocycles. The van der Waals surface area contributed by atoms with Gasteiger partial charge in [-0.1, -0.05) is 17.7 Å². The van der Waals surface area contributed by atoms with Gasteiger partial charge in [-0.3, -0.25) is 4.79 Å². The Bertz CT molecular complexity index is 647. The second kappa shape index (κ2) is 5.87. The summed E-state index contributed by atoms with van der Waals surface area (Å²) in [5.74, 6) is 0.275. The van der Waals surface area contributed by atoms with Gasteiger partial charge in [-0.05, 0) is 56.2 Å². The summed E-state index contributed by atoms with van der Waals surface area (Å²) in [6.07, 6.45) is 0. The van der Waals surface area contributed by atoms with Crippen molar-refractivity contribution >= 4 is 5.78 Å². The third-order valence-corrected chi connectivity index (χ3v) is 3.20.